The molecule has 0 aliphatic rings. The molecular weight excluding hydrogens is 242 g/mol. The largest absolute Gasteiger partial charge is 0.417 e. The fourth-order valence-electron chi connectivity index (χ4n) is 0.939. The van der Waals surface area contributed by atoms with Crippen LogP contribution < -0.4 is 0 Å². The molecule has 0 N–H and O–H groups in total. The Labute approximate surface area is 86.3 Å². The van der Waals surface area contributed by atoms with Gasteiger partial charge in [-0.25, -0.2) is 0 Å². The van der Waals surface area contributed by atoms with Gasteiger partial charge in [0.1, 0.15) is 0 Å². The molecule has 1 aromatic rings. The van der Waals surface area contributed by atoms with Gasteiger partial charge in [0, 0.05) is 4.90 Å². The maximum absolute atomic E-state index is 12.2. The number of thiol groups is 1. The predicted molar refractivity (Wildman–Crippen MR) is 43.7 cm³/mol. The number of halogens is 6. The number of rotatable bonds is 0. The van der Waals surface area contributed by atoms with Crippen molar-refractivity contribution in [3.8, 4) is 0 Å². The van der Waals surface area contributed by atoms with Crippen LogP contribution in [0.1, 0.15) is 11.1 Å². The minimum absolute atomic E-state index is 0.0440. The highest BCUT2D eigenvalue weighted by Gasteiger charge is 2.37. The highest BCUT2D eigenvalue weighted by molar-refractivity contribution is 7.80. The molecule has 0 saturated carbocycles. The molecule has 0 amide bonds. The summed E-state index contributed by atoms with van der Waals surface area (Å²) >= 11 is 3.45. The van der Waals surface area contributed by atoms with E-state index in [-0.39, 0.29) is 6.07 Å². The van der Waals surface area contributed by atoms with Gasteiger partial charge >= 0.3 is 12.4 Å². The summed E-state index contributed by atoms with van der Waals surface area (Å²) < 4.78 is 72.9. The molecular formula is C8H4F6S. The first kappa shape index (κ1) is 12.2. The van der Waals surface area contributed by atoms with Crippen LogP contribution in [0.5, 0.6) is 0 Å². The van der Waals surface area contributed by atoms with Crippen molar-refractivity contribution in [1.29, 1.82) is 0 Å². The minimum atomic E-state index is -4.83. The smallest absolute Gasteiger partial charge is 0.166 e. The van der Waals surface area contributed by atoms with Gasteiger partial charge in [-0.2, -0.15) is 26.3 Å². The van der Waals surface area contributed by atoms with E-state index in [0.29, 0.717) is 12.1 Å². The molecule has 0 heterocycles. The molecule has 0 aliphatic carbocycles. The summed E-state index contributed by atoms with van der Waals surface area (Å²) in [5.74, 6) is 0. The summed E-state index contributed by atoms with van der Waals surface area (Å²) in [4.78, 5) is -0.532. The molecule has 0 unspecified atom stereocenters. The molecule has 1 rings (SSSR count). The van der Waals surface area contributed by atoms with Crippen LogP contribution in [0.25, 0.3) is 0 Å². The van der Waals surface area contributed by atoms with Crippen LogP contribution >= 0.6 is 12.6 Å². The third kappa shape index (κ3) is 2.80. The molecule has 7 heteroatoms. The molecule has 0 radical (unpaired) electrons. The SMILES string of the molecule is FC(F)(F)c1ccc(S)c(C(F)(F)F)c1. The van der Waals surface area contributed by atoms with Crippen molar-refractivity contribution < 1.29 is 26.3 Å². The van der Waals surface area contributed by atoms with Crippen LogP contribution in [0.15, 0.2) is 23.1 Å². The quantitative estimate of drug-likeness (QED) is 0.519. The lowest BCUT2D eigenvalue weighted by molar-refractivity contribution is -0.144. The summed E-state index contributed by atoms with van der Waals surface area (Å²) in [5, 5.41) is 0. The van der Waals surface area contributed by atoms with Crippen LogP contribution in [0.3, 0.4) is 0 Å². The zero-order valence-electron chi connectivity index (χ0n) is 6.95. The van der Waals surface area contributed by atoms with E-state index < -0.39 is 28.4 Å². The first-order valence-corrected chi connectivity index (χ1v) is 4.04. The lowest BCUT2D eigenvalue weighted by Gasteiger charge is -2.12. The first-order valence-electron chi connectivity index (χ1n) is 3.60. The molecule has 1 aromatic carbocycles. The Morgan fingerprint density at radius 3 is 1.80 bits per heavy atom. The number of alkyl halides is 6. The Bertz CT molecular complexity index is 364. The lowest BCUT2D eigenvalue weighted by Crippen LogP contribution is -2.11. The van der Waals surface area contributed by atoms with Gasteiger partial charge in [0.15, 0.2) is 0 Å². The van der Waals surface area contributed by atoms with E-state index in [1.165, 1.54) is 0 Å². The second-order valence-electron chi connectivity index (χ2n) is 2.73. The minimum Gasteiger partial charge on any atom is -0.166 e. The number of hydrogen-bond donors (Lipinski definition) is 1. The average molecular weight is 246 g/mol. The van der Waals surface area contributed by atoms with Crippen LogP contribution in [-0.4, -0.2) is 0 Å². The summed E-state index contributed by atoms with van der Waals surface area (Å²) in [6.45, 7) is 0. The summed E-state index contributed by atoms with van der Waals surface area (Å²) in [6, 6.07) is 1.27. The zero-order chi connectivity index (χ0) is 11.9. The van der Waals surface area contributed by atoms with Crippen LogP contribution in [0.4, 0.5) is 26.3 Å². The van der Waals surface area contributed by atoms with Crippen LogP contribution in [0, 0.1) is 0 Å². The zero-order valence-corrected chi connectivity index (χ0v) is 7.84. The molecule has 84 valence electrons. The van der Waals surface area contributed by atoms with Gasteiger partial charge in [0.2, 0.25) is 0 Å². The van der Waals surface area contributed by atoms with Gasteiger partial charge < -0.3 is 0 Å². The van der Waals surface area contributed by atoms with E-state index in [0.717, 1.165) is 0 Å². The van der Waals surface area contributed by atoms with Crippen molar-refractivity contribution in [1.82, 2.24) is 0 Å². The van der Waals surface area contributed by atoms with Crippen molar-refractivity contribution in [2.24, 2.45) is 0 Å². The van der Waals surface area contributed by atoms with E-state index >= 15 is 0 Å². The highest BCUT2D eigenvalue weighted by atomic mass is 32.1. The molecule has 15 heavy (non-hydrogen) atoms. The normalized spacial score (nSPS) is 13.0. The molecule has 0 nitrogen and oxygen atoms in total. The Balaban J connectivity index is 3.30. The molecule has 0 aliphatic heterocycles. The van der Waals surface area contributed by atoms with Crippen molar-refractivity contribution in [2.75, 3.05) is 0 Å². The van der Waals surface area contributed by atoms with Crippen molar-refractivity contribution >= 4 is 12.6 Å². The second-order valence-corrected chi connectivity index (χ2v) is 3.21. The predicted octanol–water partition coefficient (Wildman–Crippen LogP) is 4.01. The monoisotopic (exact) mass is 246 g/mol. The first-order chi connectivity index (χ1) is 6.62. The number of hydrogen-bond acceptors (Lipinski definition) is 1. The average Bonchev–Trinajstić information content (AvgIpc) is 2.00. The van der Waals surface area contributed by atoms with E-state index in [1.807, 2.05) is 0 Å². The highest BCUT2D eigenvalue weighted by Crippen LogP contribution is 2.38. The fourth-order valence-corrected chi connectivity index (χ4v) is 1.21. The third-order valence-electron chi connectivity index (χ3n) is 1.63. The Morgan fingerprint density at radius 1 is 0.867 bits per heavy atom. The second kappa shape index (κ2) is 3.62. The summed E-state index contributed by atoms with van der Waals surface area (Å²) in [6.07, 6.45) is -9.63. The standard InChI is InChI=1S/C8H4F6S/c9-7(10,11)4-1-2-6(15)5(3-4)8(12,13)14/h1-3,15H. The van der Waals surface area contributed by atoms with Gasteiger partial charge in [-0.1, -0.05) is 0 Å². The Morgan fingerprint density at radius 2 is 1.40 bits per heavy atom. The van der Waals surface area contributed by atoms with Crippen molar-refractivity contribution in [3.63, 3.8) is 0 Å². The topological polar surface area (TPSA) is 0 Å². The van der Waals surface area contributed by atoms with Crippen LogP contribution in [-0.2, 0) is 12.4 Å². The van der Waals surface area contributed by atoms with Crippen LogP contribution in [0.2, 0.25) is 0 Å². The van der Waals surface area contributed by atoms with Crippen molar-refractivity contribution in [2.45, 2.75) is 17.2 Å². The van der Waals surface area contributed by atoms with E-state index in [1.54, 1.807) is 0 Å². The molecule has 0 atom stereocenters. The Kier molecular flexibility index (Phi) is 2.95. The molecule has 0 saturated heterocycles. The van der Waals surface area contributed by atoms with Gasteiger partial charge in [-0.15, -0.1) is 12.6 Å². The maximum Gasteiger partial charge on any atom is 0.417 e. The van der Waals surface area contributed by atoms with E-state index in [2.05, 4.69) is 12.6 Å². The summed E-state index contributed by atoms with van der Waals surface area (Å²) in [5.41, 5.74) is -2.73. The van der Waals surface area contributed by atoms with Gasteiger partial charge in [0.25, 0.3) is 0 Å². The molecule has 0 bridgehead atoms. The van der Waals surface area contributed by atoms with E-state index in [9.17, 15) is 26.3 Å². The summed E-state index contributed by atoms with van der Waals surface area (Å²) in [7, 11) is 0. The van der Waals surface area contributed by atoms with Gasteiger partial charge in [-0.3, -0.25) is 0 Å². The maximum atomic E-state index is 12.2. The Hall–Kier alpha value is -0.850. The molecule has 0 aromatic heterocycles. The fraction of sp³-hybridized carbons (Fsp3) is 0.250. The number of benzene rings is 1. The lowest BCUT2D eigenvalue weighted by atomic mass is 10.1. The van der Waals surface area contributed by atoms with E-state index in [4.69, 9.17) is 0 Å². The molecule has 0 spiro atoms. The van der Waals surface area contributed by atoms with Gasteiger partial charge in [0.05, 0.1) is 11.1 Å². The van der Waals surface area contributed by atoms with Gasteiger partial charge in [-0.05, 0) is 18.2 Å². The third-order valence-corrected chi connectivity index (χ3v) is 2.02. The molecule has 0 fully saturated rings. The van der Waals surface area contributed by atoms with Crippen molar-refractivity contribution in [3.05, 3.63) is 29.3 Å².